The molecule has 1 aromatic heterocycles. The number of hydrogen-bond acceptors (Lipinski definition) is 4. The van der Waals surface area contributed by atoms with Gasteiger partial charge in [0.15, 0.2) is 0 Å². The first-order chi connectivity index (χ1) is 11.5. The highest BCUT2D eigenvalue weighted by atomic mass is 16.5. The largest absolute Gasteiger partial charge is 0.493 e. The Kier molecular flexibility index (Phi) is 5.41. The summed E-state index contributed by atoms with van der Waals surface area (Å²) in [6.07, 6.45) is 3.35. The third kappa shape index (κ3) is 4.08. The zero-order chi connectivity index (χ0) is 17.1. The molecule has 1 aromatic carbocycles. The van der Waals surface area contributed by atoms with E-state index in [4.69, 9.17) is 9.72 Å². The molecule has 24 heavy (non-hydrogen) atoms. The topological polar surface area (TPSA) is 33.5 Å². The van der Waals surface area contributed by atoms with Crippen molar-refractivity contribution in [3.05, 3.63) is 24.0 Å². The van der Waals surface area contributed by atoms with E-state index in [1.165, 1.54) is 17.8 Å². The number of nitrogens with zero attached hydrogens (tertiary/aromatic N) is 4. The van der Waals surface area contributed by atoms with Crippen LogP contribution < -0.4 is 4.74 Å². The molecule has 0 N–H and O–H groups in total. The quantitative estimate of drug-likeness (QED) is 0.731. The second kappa shape index (κ2) is 7.53. The summed E-state index contributed by atoms with van der Waals surface area (Å²) in [5.74, 6) is 2.89. The van der Waals surface area contributed by atoms with Gasteiger partial charge in [0.1, 0.15) is 11.6 Å². The van der Waals surface area contributed by atoms with Gasteiger partial charge in [0.25, 0.3) is 0 Å². The molecular weight excluding hydrogens is 300 g/mol. The third-order valence-electron chi connectivity index (χ3n) is 4.66. The van der Waals surface area contributed by atoms with Crippen molar-refractivity contribution in [2.24, 2.45) is 5.92 Å². The number of fused-ring (bicyclic) bond motifs is 3. The second-order valence-electron chi connectivity index (χ2n) is 7.46. The van der Waals surface area contributed by atoms with Crippen molar-refractivity contribution in [3.63, 3.8) is 0 Å². The van der Waals surface area contributed by atoms with Gasteiger partial charge in [-0.25, -0.2) is 4.98 Å². The molecule has 0 amide bonds. The smallest absolute Gasteiger partial charge is 0.121 e. The van der Waals surface area contributed by atoms with Crippen LogP contribution in [0, 0.1) is 5.92 Å². The van der Waals surface area contributed by atoms with Crippen LogP contribution >= 0.6 is 0 Å². The maximum absolute atomic E-state index is 5.94. The lowest BCUT2D eigenvalue weighted by Gasteiger charge is -2.26. The van der Waals surface area contributed by atoms with Crippen molar-refractivity contribution in [2.45, 2.75) is 25.8 Å². The van der Waals surface area contributed by atoms with Gasteiger partial charge >= 0.3 is 0 Å². The predicted molar refractivity (Wildman–Crippen MR) is 98.8 cm³/mol. The Morgan fingerprint density at radius 3 is 2.79 bits per heavy atom. The number of imidazole rings is 1. The first-order valence-electron chi connectivity index (χ1n) is 8.94. The highest BCUT2D eigenvalue weighted by molar-refractivity contribution is 5.78. The zero-order valence-corrected chi connectivity index (χ0v) is 15.5. The van der Waals surface area contributed by atoms with E-state index in [0.29, 0.717) is 5.92 Å². The molecule has 1 atom stereocenters. The maximum atomic E-state index is 5.94. The standard InChI is InChI=1S/C19H30N4O/c1-21(2)10-5-11-24-16-7-8-17-18(12-16)23-14-15(13-22(3)4)6-9-19(23)20-17/h7-8,12,15H,5-6,9-11,13-14H2,1-4H3. The molecule has 0 spiro atoms. The van der Waals surface area contributed by atoms with Crippen molar-refractivity contribution in [1.82, 2.24) is 19.4 Å². The van der Waals surface area contributed by atoms with Gasteiger partial charge in [-0.1, -0.05) is 0 Å². The normalized spacial score (nSPS) is 17.7. The summed E-state index contributed by atoms with van der Waals surface area (Å²) in [6.45, 7) is 4.01. The lowest BCUT2D eigenvalue weighted by Crippen LogP contribution is -2.29. The van der Waals surface area contributed by atoms with Crippen molar-refractivity contribution >= 4 is 11.0 Å². The first kappa shape index (κ1) is 17.2. The molecule has 0 saturated heterocycles. The van der Waals surface area contributed by atoms with Crippen LogP contribution in [0.5, 0.6) is 5.75 Å². The Balaban J connectivity index is 1.72. The molecule has 2 heterocycles. The summed E-state index contributed by atoms with van der Waals surface area (Å²) in [7, 11) is 8.49. The van der Waals surface area contributed by atoms with Gasteiger partial charge in [0.05, 0.1) is 17.6 Å². The highest BCUT2D eigenvalue weighted by Gasteiger charge is 2.22. The number of aromatic nitrogens is 2. The van der Waals surface area contributed by atoms with E-state index in [0.717, 1.165) is 50.3 Å². The Morgan fingerprint density at radius 1 is 1.21 bits per heavy atom. The fourth-order valence-corrected chi connectivity index (χ4v) is 3.56. The van der Waals surface area contributed by atoms with Crippen molar-refractivity contribution < 1.29 is 4.74 Å². The number of aryl methyl sites for hydroxylation is 1. The molecule has 5 heteroatoms. The van der Waals surface area contributed by atoms with Gasteiger partial charge in [0, 0.05) is 32.1 Å². The number of benzene rings is 1. The van der Waals surface area contributed by atoms with Crippen LogP contribution in [0.3, 0.4) is 0 Å². The molecule has 0 radical (unpaired) electrons. The van der Waals surface area contributed by atoms with Crippen LogP contribution in [0.1, 0.15) is 18.7 Å². The van der Waals surface area contributed by atoms with E-state index < -0.39 is 0 Å². The van der Waals surface area contributed by atoms with Crippen molar-refractivity contribution in [1.29, 1.82) is 0 Å². The molecule has 0 bridgehead atoms. The zero-order valence-electron chi connectivity index (χ0n) is 15.5. The van der Waals surface area contributed by atoms with E-state index in [1.807, 2.05) is 6.07 Å². The number of rotatable bonds is 7. The monoisotopic (exact) mass is 330 g/mol. The minimum atomic E-state index is 0.703. The first-order valence-corrected chi connectivity index (χ1v) is 8.94. The molecular formula is C19H30N4O. The van der Waals surface area contributed by atoms with Crippen LogP contribution in [-0.4, -0.2) is 67.2 Å². The van der Waals surface area contributed by atoms with Crippen LogP contribution in [0.2, 0.25) is 0 Å². The number of ether oxygens (including phenoxy) is 1. The summed E-state index contributed by atoms with van der Waals surface area (Å²) in [5, 5.41) is 0. The predicted octanol–water partition coefficient (Wildman–Crippen LogP) is 2.49. The summed E-state index contributed by atoms with van der Waals surface area (Å²) >= 11 is 0. The molecule has 0 aliphatic carbocycles. The van der Waals surface area contributed by atoms with Crippen LogP contribution in [-0.2, 0) is 13.0 Å². The average Bonchev–Trinajstić information content (AvgIpc) is 2.88. The molecule has 1 aliphatic rings. The lowest BCUT2D eigenvalue weighted by molar-refractivity contribution is 0.268. The third-order valence-corrected chi connectivity index (χ3v) is 4.66. The molecule has 1 unspecified atom stereocenters. The minimum absolute atomic E-state index is 0.703. The van der Waals surface area contributed by atoms with Crippen LogP contribution in [0.4, 0.5) is 0 Å². The Hall–Kier alpha value is -1.59. The van der Waals surface area contributed by atoms with Gasteiger partial charge in [-0.05, 0) is 59.1 Å². The molecule has 2 aromatic rings. The molecule has 132 valence electrons. The number of hydrogen-bond donors (Lipinski definition) is 0. The maximum Gasteiger partial charge on any atom is 0.121 e. The summed E-state index contributed by atoms with van der Waals surface area (Å²) < 4.78 is 8.34. The molecule has 0 saturated carbocycles. The van der Waals surface area contributed by atoms with Crippen molar-refractivity contribution in [2.75, 3.05) is 47.9 Å². The van der Waals surface area contributed by atoms with E-state index in [2.05, 4.69) is 54.7 Å². The van der Waals surface area contributed by atoms with E-state index in [9.17, 15) is 0 Å². The van der Waals surface area contributed by atoms with Crippen molar-refractivity contribution in [3.8, 4) is 5.75 Å². The summed E-state index contributed by atoms with van der Waals surface area (Å²) in [5.41, 5.74) is 2.31. The molecule has 0 fully saturated rings. The highest BCUT2D eigenvalue weighted by Crippen LogP contribution is 2.28. The molecule has 5 nitrogen and oxygen atoms in total. The second-order valence-corrected chi connectivity index (χ2v) is 7.46. The van der Waals surface area contributed by atoms with Gasteiger partial charge < -0.3 is 19.1 Å². The van der Waals surface area contributed by atoms with Gasteiger partial charge in [-0.2, -0.15) is 0 Å². The van der Waals surface area contributed by atoms with Gasteiger partial charge in [0.2, 0.25) is 0 Å². The van der Waals surface area contributed by atoms with E-state index in [-0.39, 0.29) is 0 Å². The molecule has 1 aliphatic heterocycles. The fraction of sp³-hybridized carbons (Fsp3) is 0.632. The Bertz CT molecular complexity index is 677. The fourth-order valence-electron chi connectivity index (χ4n) is 3.56. The minimum Gasteiger partial charge on any atom is -0.493 e. The lowest BCUT2D eigenvalue weighted by atomic mass is 9.99. The van der Waals surface area contributed by atoms with E-state index >= 15 is 0 Å². The van der Waals surface area contributed by atoms with Gasteiger partial charge in [-0.3, -0.25) is 0 Å². The van der Waals surface area contributed by atoms with Gasteiger partial charge in [-0.15, -0.1) is 0 Å². The molecule has 3 rings (SSSR count). The Labute approximate surface area is 145 Å². The van der Waals surface area contributed by atoms with Crippen LogP contribution in [0.25, 0.3) is 11.0 Å². The SMILES string of the molecule is CN(C)CCCOc1ccc2nc3n(c2c1)CC(CN(C)C)CC3. The van der Waals surface area contributed by atoms with Crippen LogP contribution in [0.15, 0.2) is 18.2 Å². The Morgan fingerprint density at radius 2 is 2.04 bits per heavy atom. The summed E-state index contributed by atoms with van der Waals surface area (Å²) in [6, 6.07) is 6.32. The summed E-state index contributed by atoms with van der Waals surface area (Å²) in [4.78, 5) is 9.29. The average molecular weight is 330 g/mol. The van der Waals surface area contributed by atoms with E-state index in [1.54, 1.807) is 0 Å².